The molecule has 0 amide bonds. The lowest BCUT2D eigenvalue weighted by molar-refractivity contribution is 0.993. The second kappa shape index (κ2) is 6.37. The minimum Gasteiger partial charge on any atom is -0.345 e. The highest BCUT2D eigenvalue weighted by molar-refractivity contribution is 6.31. The van der Waals surface area contributed by atoms with E-state index in [-0.39, 0.29) is 0 Å². The van der Waals surface area contributed by atoms with Crippen LogP contribution in [0.2, 0.25) is 5.02 Å². The fraction of sp³-hybridized carbons (Fsp3) is 0.211. The summed E-state index contributed by atoms with van der Waals surface area (Å²) in [5.74, 6) is 0.953. The third kappa shape index (κ3) is 3.23. The van der Waals surface area contributed by atoms with Gasteiger partial charge in [-0.2, -0.15) is 0 Å². The van der Waals surface area contributed by atoms with E-state index in [4.69, 9.17) is 11.6 Å². The minimum atomic E-state index is 0.729. The smallest absolute Gasteiger partial charge is 0.110 e. The van der Waals surface area contributed by atoms with Gasteiger partial charge in [0.25, 0.3) is 0 Å². The van der Waals surface area contributed by atoms with Gasteiger partial charge in [-0.25, -0.2) is 4.98 Å². The molecule has 0 saturated carbocycles. The Morgan fingerprint density at radius 2 is 1.68 bits per heavy atom. The largest absolute Gasteiger partial charge is 0.345 e. The fourth-order valence-corrected chi connectivity index (χ4v) is 2.93. The van der Waals surface area contributed by atoms with Gasteiger partial charge in [-0.1, -0.05) is 48.0 Å². The predicted molar refractivity (Wildman–Crippen MR) is 91.6 cm³/mol. The van der Waals surface area contributed by atoms with E-state index >= 15 is 0 Å². The molecule has 3 heteroatoms. The number of aromatic amines is 1. The average molecular weight is 311 g/mol. The number of benzene rings is 2. The van der Waals surface area contributed by atoms with Crippen LogP contribution in [0, 0.1) is 13.8 Å². The number of rotatable bonds is 4. The van der Waals surface area contributed by atoms with Crippen molar-refractivity contribution in [2.45, 2.75) is 26.7 Å². The lowest BCUT2D eigenvalue weighted by atomic mass is 9.99. The zero-order valence-corrected chi connectivity index (χ0v) is 13.6. The van der Waals surface area contributed by atoms with Crippen LogP contribution in [0.4, 0.5) is 0 Å². The van der Waals surface area contributed by atoms with E-state index in [9.17, 15) is 0 Å². The molecule has 1 aromatic heterocycles. The molecule has 2 nitrogen and oxygen atoms in total. The van der Waals surface area contributed by atoms with Crippen LogP contribution >= 0.6 is 11.6 Å². The Kier molecular flexibility index (Phi) is 4.30. The molecule has 1 N–H and O–H groups in total. The van der Waals surface area contributed by atoms with Crippen LogP contribution in [0.3, 0.4) is 0 Å². The normalized spacial score (nSPS) is 10.9. The molecule has 112 valence electrons. The second-order valence-electron chi connectivity index (χ2n) is 5.67. The first-order chi connectivity index (χ1) is 10.6. The van der Waals surface area contributed by atoms with Crippen molar-refractivity contribution in [3.05, 3.63) is 87.5 Å². The molecule has 0 bridgehead atoms. The molecule has 0 aliphatic carbocycles. The van der Waals surface area contributed by atoms with Gasteiger partial charge in [-0.05, 0) is 42.2 Å². The number of hydrogen-bond acceptors (Lipinski definition) is 1. The van der Waals surface area contributed by atoms with Gasteiger partial charge < -0.3 is 4.98 Å². The van der Waals surface area contributed by atoms with Gasteiger partial charge in [0.05, 0.1) is 0 Å². The first-order valence-corrected chi connectivity index (χ1v) is 7.82. The lowest BCUT2D eigenvalue weighted by Gasteiger charge is -2.08. The van der Waals surface area contributed by atoms with Gasteiger partial charge in [0.2, 0.25) is 0 Å². The van der Waals surface area contributed by atoms with Crippen molar-refractivity contribution in [2.75, 3.05) is 0 Å². The van der Waals surface area contributed by atoms with Crippen LogP contribution in [-0.4, -0.2) is 9.97 Å². The molecule has 0 spiro atoms. The van der Waals surface area contributed by atoms with E-state index in [1.807, 2.05) is 30.5 Å². The van der Waals surface area contributed by atoms with E-state index in [0.717, 1.165) is 34.9 Å². The Labute approximate surface area is 136 Å². The van der Waals surface area contributed by atoms with Crippen LogP contribution in [0.5, 0.6) is 0 Å². The highest BCUT2D eigenvalue weighted by Crippen LogP contribution is 2.20. The monoisotopic (exact) mass is 310 g/mol. The summed E-state index contributed by atoms with van der Waals surface area (Å²) in [7, 11) is 0. The number of H-pyrrole nitrogens is 1. The molecule has 0 saturated heterocycles. The second-order valence-corrected chi connectivity index (χ2v) is 6.08. The summed E-state index contributed by atoms with van der Waals surface area (Å²) in [6, 6.07) is 14.3. The number of hydrogen-bond donors (Lipinski definition) is 1. The van der Waals surface area contributed by atoms with Gasteiger partial charge in [-0.3, -0.25) is 0 Å². The summed E-state index contributed by atoms with van der Waals surface area (Å²) >= 11 is 6.21. The molecule has 3 aromatic rings. The van der Waals surface area contributed by atoms with E-state index < -0.39 is 0 Å². The number of nitrogens with one attached hydrogen (secondary N) is 1. The molecular weight excluding hydrogens is 292 g/mol. The maximum absolute atomic E-state index is 6.21. The number of aryl methyl sites for hydroxylation is 2. The van der Waals surface area contributed by atoms with Crippen molar-refractivity contribution in [1.82, 2.24) is 9.97 Å². The third-order valence-corrected chi connectivity index (χ3v) is 4.38. The van der Waals surface area contributed by atoms with Crippen molar-refractivity contribution in [3.8, 4) is 0 Å². The minimum absolute atomic E-state index is 0.729. The average Bonchev–Trinajstić information content (AvgIpc) is 2.93. The van der Waals surface area contributed by atoms with Crippen LogP contribution in [0.1, 0.15) is 33.8 Å². The van der Waals surface area contributed by atoms with E-state index in [2.05, 4.69) is 42.0 Å². The Balaban J connectivity index is 1.78. The molecule has 1 heterocycles. The van der Waals surface area contributed by atoms with Crippen LogP contribution in [0.25, 0.3) is 0 Å². The van der Waals surface area contributed by atoms with E-state index in [1.165, 1.54) is 16.7 Å². The number of aromatic nitrogens is 2. The fourth-order valence-electron chi connectivity index (χ4n) is 2.73. The maximum atomic E-state index is 6.21. The van der Waals surface area contributed by atoms with Crippen molar-refractivity contribution >= 4 is 11.6 Å². The molecule has 0 radical (unpaired) electrons. The SMILES string of the molecule is Cc1cccc(C)c1Cc1cnc(Cc2ccccc2Cl)[nH]1. The molecule has 0 unspecified atom stereocenters. The quantitative estimate of drug-likeness (QED) is 0.732. The van der Waals surface area contributed by atoms with Crippen molar-refractivity contribution in [1.29, 1.82) is 0 Å². The molecule has 0 fully saturated rings. The highest BCUT2D eigenvalue weighted by Gasteiger charge is 2.08. The van der Waals surface area contributed by atoms with E-state index in [1.54, 1.807) is 0 Å². The van der Waals surface area contributed by atoms with Gasteiger partial charge in [-0.15, -0.1) is 0 Å². The molecular formula is C19H19ClN2. The van der Waals surface area contributed by atoms with Gasteiger partial charge in [0, 0.05) is 29.8 Å². The highest BCUT2D eigenvalue weighted by atomic mass is 35.5. The maximum Gasteiger partial charge on any atom is 0.110 e. The zero-order chi connectivity index (χ0) is 15.5. The summed E-state index contributed by atoms with van der Waals surface area (Å²) < 4.78 is 0. The predicted octanol–water partition coefficient (Wildman–Crippen LogP) is 4.86. The molecule has 3 rings (SSSR count). The summed E-state index contributed by atoms with van der Waals surface area (Å²) in [5.41, 5.74) is 6.25. The first kappa shape index (κ1) is 14.9. The van der Waals surface area contributed by atoms with Gasteiger partial charge >= 0.3 is 0 Å². The molecule has 22 heavy (non-hydrogen) atoms. The molecule has 0 atom stereocenters. The van der Waals surface area contributed by atoms with Crippen LogP contribution in [0.15, 0.2) is 48.7 Å². The Morgan fingerprint density at radius 3 is 2.41 bits per heavy atom. The summed E-state index contributed by atoms with van der Waals surface area (Å²) in [6.45, 7) is 4.31. The number of nitrogens with zero attached hydrogens (tertiary/aromatic N) is 1. The van der Waals surface area contributed by atoms with Gasteiger partial charge in [0.1, 0.15) is 5.82 Å². The topological polar surface area (TPSA) is 28.7 Å². The summed E-state index contributed by atoms with van der Waals surface area (Å²) in [6.07, 6.45) is 3.54. The van der Waals surface area contributed by atoms with Crippen molar-refractivity contribution in [2.24, 2.45) is 0 Å². The number of halogens is 1. The van der Waals surface area contributed by atoms with Crippen LogP contribution in [-0.2, 0) is 12.8 Å². The Morgan fingerprint density at radius 1 is 0.955 bits per heavy atom. The standard InChI is InChI=1S/C19H19ClN2/c1-13-6-5-7-14(2)17(13)11-16-12-21-19(22-16)10-15-8-3-4-9-18(15)20/h3-9,12H,10-11H2,1-2H3,(H,21,22). The summed E-state index contributed by atoms with van der Waals surface area (Å²) in [4.78, 5) is 7.92. The third-order valence-electron chi connectivity index (χ3n) is 4.01. The van der Waals surface area contributed by atoms with Crippen LogP contribution < -0.4 is 0 Å². The first-order valence-electron chi connectivity index (χ1n) is 7.45. The Bertz CT molecular complexity index is 769. The molecule has 0 aliphatic heterocycles. The van der Waals surface area contributed by atoms with Gasteiger partial charge in [0.15, 0.2) is 0 Å². The number of imidazole rings is 1. The van der Waals surface area contributed by atoms with Crippen molar-refractivity contribution < 1.29 is 0 Å². The molecule has 0 aliphatic rings. The Hall–Kier alpha value is -2.06. The zero-order valence-electron chi connectivity index (χ0n) is 12.9. The lowest BCUT2D eigenvalue weighted by Crippen LogP contribution is -1.96. The van der Waals surface area contributed by atoms with E-state index in [0.29, 0.717) is 0 Å². The van der Waals surface area contributed by atoms with Crippen molar-refractivity contribution in [3.63, 3.8) is 0 Å². The summed E-state index contributed by atoms with van der Waals surface area (Å²) in [5, 5.41) is 0.787. The molecule has 2 aromatic carbocycles.